The molecule has 1 amide bonds. The highest BCUT2D eigenvalue weighted by atomic mass is 32.2. The normalized spacial score (nSPS) is 17.7. The molecule has 51 heavy (non-hydrogen) atoms. The number of amidine groups is 1. The Morgan fingerprint density at radius 1 is 1.24 bits per heavy atom. The summed E-state index contributed by atoms with van der Waals surface area (Å²) in [7, 11) is 0. The second-order valence-corrected chi connectivity index (χ2v) is 14.4. The van der Waals surface area contributed by atoms with Gasteiger partial charge in [-0.05, 0) is 26.0 Å². The SMILES string of the molecule is CC(C)(O/N=C(\C(=O)C[C@@H]1C(=O)N2C(C(=O)O)=C(C[n+]3ccc4c(ccn4Cc4ccc(C(=N)N)cc4F)c3)CS[C@H]12)c1csc(N)n1)C(=O)O. The number of nitrogens with one attached hydrogen (secondary N) is 1. The van der Waals surface area contributed by atoms with Gasteiger partial charge >= 0.3 is 11.9 Å². The summed E-state index contributed by atoms with van der Waals surface area (Å²) in [5, 5.41) is 32.7. The number of nitrogen functional groups attached to an aromatic ring is 2. The lowest BCUT2D eigenvalue weighted by atomic mass is 9.89. The number of Topliss-reactive ketones (excluding diaryl/α,β-unsaturated/α-hetero) is 1. The van der Waals surface area contributed by atoms with Crippen LogP contribution in [0.25, 0.3) is 10.9 Å². The predicted molar refractivity (Wildman–Crippen MR) is 185 cm³/mol. The van der Waals surface area contributed by atoms with Crippen LogP contribution >= 0.6 is 23.1 Å². The zero-order chi connectivity index (χ0) is 36.8. The van der Waals surface area contributed by atoms with E-state index in [1.165, 1.54) is 42.0 Å². The molecule has 0 spiro atoms. The first-order valence-corrected chi connectivity index (χ1v) is 17.3. The van der Waals surface area contributed by atoms with E-state index in [0.717, 1.165) is 22.2 Å². The number of oxime groups is 1. The molecule has 2 aliphatic heterocycles. The fourth-order valence-electron chi connectivity index (χ4n) is 5.75. The van der Waals surface area contributed by atoms with Crippen molar-refractivity contribution in [3.8, 4) is 0 Å². The van der Waals surface area contributed by atoms with Gasteiger partial charge in [0.05, 0.1) is 28.7 Å². The van der Waals surface area contributed by atoms with Crippen molar-refractivity contribution in [3.63, 3.8) is 0 Å². The van der Waals surface area contributed by atoms with Crippen LogP contribution in [0.4, 0.5) is 9.52 Å². The summed E-state index contributed by atoms with van der Waals surface area (Å²) in [6, 6.07) is 8.11. The van der Waals surface area contributed by atoms with E-state index in [1.807, 2.05) is 29.1 Å². The molecule has 1 saturated heterocycles. The van der Waals surface area contributed by atoms with E-state index in [1.54, 1.807) is 22.9 Å². The molecule has 15 nitrogen and oxygen atoms in total. The van der Waals surface area contributed by atoms with Gasteiger partial charge in [-0.15, -0.1) is 23.1 Å². The Kier molecular flexibility index (Phi) is 9.39. The van der Waals surface area contributed by atoms with E-state index < -0.39 is 46.3 Å². The zero-order valence-corrected chi connectivity index (χ0v) is 28.8. The summed E-state index contributed by atoms with van der Waals surface area (Å²) in [5.41, 5.74) is 11.1. The van der Waals surface area contributed by atoms with Gasteiger partial charge < -0.3 is 31.1 Å². The van der Waals surface area contributed by atoms with Crippen LogP contribution < -0.4 is 16.0 Å². The Bertz CT molecular complexity index is 2190. The number of thioether (sulfide) groups is 1. The van der Waals surface area contributed by atoms with E-state index in [4.69, 9.17) is 21.7 Å². The average Bonchev–Trinajstić information content (AvgIpc) is 3.69. The van der Waals surface area contributed by atoms with Crippen LogP contribution in [0.5, 0.6) is 0 Å². The van der Waals surface area contributed by atoms with Gasteiger partial charge in [0.15, 0.2) is 35.6 Å². The molecule has 2 atom stereocenters. The summed E-state index contributed by atoms with van der Waals surface area (Å²) >= 11 is 2.38. The molecule has 0 radical (unpaired) electrons. The number of carbonyl (C=O) groups excluding carboxylic acids is 2. The van der Waals surface area contributed by atoms with Crippen LogP contribution in [0, 0.1) is 17.1 Å². The maximum Gasteiger partial charge on any atom is 0.352 e. The van der Waals surface area contributed by atoms with E-state index in [0.29, 0.717) is 16.7 Å². The van der Waals surface area contributed by atoms with E-state index in [9.17, 15) is 33.8 Å². The van der Waals surface area contributed by atoms with Crippen molar-refractivity contribution >= 4 is 74.3 Å². The molecule has 264 valence electrons. The molecular formula is C33H32FN8O7S2+. The maximum atomic E-state index is 14.7. The number of hydrogen-bond acceptors (Lipinski definition) is 11. The number of carboxylic acid groups (broad SMARTS) is 2. The minimum absolute atomic E-state index is 0.0665. The number of nitrogens with two attached hydrogens (primary N) is 2. The molecule has 18 heteroatoms. The highest BCUT2D eigenvalue weighted by molar-refractivity contribution is 8.00. The Labute approximate surface area is 297 Å². The van der Waals surface area contributed by atoms with Crippen molar-refractivity contribution < 1.29 is 43.2 Å². The summed E-state index contributed by atoms with van der Waals surface area (Å²) in [6.45, 7) is 2.93. The first kappa shape index (κ1) is 35.2. The van der Waals surface area contributed by atoms with Crippen molar-refractivity contribution in [1.29, 1.82) is 5.41 Å². The Balaban J connectivity index is 1.18. The number of aliphatic carboxylic acids is 2. The number of pyridine rings is 1. The van der Waals surface area contributed by atoms with Crippen LogP contribution in [0.1, 0.15) is 37.1 Å². The van der Waals surface area contributed by atoms with E-state index in [2.05, 4.69) is 10.1 Å². The molecule has 0 bridgehead atoms. The number of carbonyl (C=O) groups is 4. The van der Waals surface area contributed by atoms with E-state index in [-0.39, 0.29) is 53.3 Å². The number of β-lactam (4-membered cyclic amide) rings is 1. The van der Waals surface area contributed by atoms with Gasteiger partial charge in [0.1, 0.15) is 23.0 Å². The van der Waals surface area contributed by atoms with Gasteiger partial charge in [0.25, 0.3) is 0 Å². The predicted octanol–water partition coefficient (Wildman–Crippen LogP) is 2.55. The molecule has 7 N–H and O–H groups in total. The fraction of sp³-hybridized carbons (Fsp3) is 0.273. The molecule has 0 unspecified atom stereocenters. The van der Waals surface area contributed by atoms with E-state index >= 15 is 0 Å². The lowest BCUT2D eigenvalue weighted by Gasteiger charge is -2.49. The number of aromatic nitrogens is 3. The van der Waals surface area contributed by atoms with Crippen molar-refractivity contribution in [2.24, 2.45) is 16.8 Å². The van der Waals surface area contributed by atoms with Crippen molar-refractivity contribution in [3.05, 3.63) is 88.2 Å². The number of fused-ring (bicyclic) bond motifs is 2. The number of hydrogen-bond donors (Lipinski definition) is 5. The number of ketones is 1. The fourth-order valence-corrected chi connectivity index (χ4v) is 7.70. The lowest BCUT2D eigenvalue weighted by Crippen LogP contribution is -2.62. The molecule has 1 aromatic carbocycles. The highest BCUT2D eigenvalue weighted by Gasteiger charge is 2.54. The zero-order valence-electron chi connectivity index (χ0n) is 27.2. The van der Waals surface area contributed by atoms with Gasteiger partial charge in [-0.3, -0.25) is 19.9 Å². The molecule has 4 aromatic rings. The van der Waals surface area contributed by atoms with Gasteiger partial charge in [-0.2, -0.15) is 0 Å². The van der Waals surface area contributed by atoms with Crippen LogP contribution in [-0.4, -0.2) is 76.6 Å². The van der Waals surface area contributed by atoms with Gasteiger partial charge in [-0.1, -0.05) is 17.3 Å². The molecule has 0 aliphatic carbocycles. The van der Waals surface area contributed by atoms with Crippen LogP contribution in [0.2, 0.25) is 0 Å². The van der Waals surface area contributed by atoms with Gasteiger partial charge in [-0.25, -0.2) is 23.5 Å². The number of benzene rings is 1. The molecule has 5 heterocycles. The number of carboxylic acids is 2. The summed E-state index contributed by atoms with van der Waals surface area (Å²) in [4.78, 5) is 61.4. The van der Waals surface area contributed by atoms with Crippen molar-refractivity contribution in [2.75, 3.05) is 11.5 Å². The quantitative estimate of drug-likeness (QED) is 0.0440. The highest BCUT2D eigenvalue weighted by Crippen LogP contribution is 2.45. The Hall–Kier alpha value is -5.62. The van der Waals surface area contributed by atoms with Gasteiger partial charge in [0.2, 0.25) is 11.5 Å². The number of anilines is 1. The summed E-state index contributed by atoms with van der Waals surface area (Å²) < 4.78 is 18.4. The third-order valence-electron chi connectivity index (χ3n) is 8.52. The smallest absolute Gasteiger partial charge is 0.352 e. The number of nitrogens with zero attached hydrogens (tertiary/aromatic N) is 5. The number of rotatable bonds is 13. The molecule has 2 aliphatic rings. The number of halogens is 1. The minimum atomic E-state index is -1.76. The molecule has 3 aromatic heterocycles. The molecule has 1 fully saturated rings. The maximum absolute atomic E-state index is 14.7. The first-order chi connectivity index (χ1) is 24.1. The standard InChI is InChI=1S/C33H31FN8O7S2/c1-33(2,31(47)48)49-39-25(22-15-51-32(37)38-22)24(43)10-20-28(44)42-26(30(45)46)19(14-50-29(20)42)12-40-7-6-23-18(11-40)5-8-41(23)13-17-4-3-16(27(35)36)9-21(17)34/h3-9,11,15,20,29H,10,12-14H2,1-2H3,(H6-,35,36,37,38,45,46,47,48)/p+1/b39-25-/t20-,29-/m1/s1. The van der Waals surface area contributed by atoms with Crippen molar-refractivity contribution in [2.45, 2.75) is 44.3 Å². The largest absolute Gasteiger partial charge is 0.478 e. The molecule has 6 rings (SSSR count). The lowest BCUT2D eigenvalue weighted by molar-refractivity contribution is -0.687. The second-order valence-electron chi connectivity index (χ2n) is 12.4. The Morgan fingerprint density at radius 3 is 2.65 bits per heavy atom. The third-order valence-corrected chi connectivity index (χ3v) is 10.6. The van der Waals surface area contributed by atoms with Crippen LogP contribution in [-0.2, 0) is 37.1 Å². The number of thiazole rings is 1. The average molecular weight is 736 g/mol. The van der Waals surface area contributed by atoms with Crippen LogP contribution in [0.15, 0.2) is 70.7 Å². The van der Waals surface area contributed by atoms with Crippen LogP contribution in [0.3, 0.4) is 0 Å². The monoisotopic (exact) mass is 735 g/mol. The summed E-state index contributed by atoms with van der Waals surface area (Å²) in [5.74, 6) is -5.05. The number of amides is 1. The minimum Gasteiger partial charge on any atom is -0.478 e. The first-order valence-electron chi connectivity index (χ1n) is 15.4. The molecular weight excluding hydrogens is 704 g/mol. The van der Waals surface area contributed by atoms with Gasteiger partial charge in [0, 0.05) is 46.5 Å². The third kappa shape index (κ3) is 6.91. The molecule has 0 saturated carbocycles. The topological polar surface area (TPSA) is 231 Å². The van der Waals surface area contributed by atoms with Crippen molar-refractivity contribution in [1.82, 2.24) is 14.5 Å². The summed E-state index contributed by atoms with van der Waals surface area (Å²) in [6.07, 6.45) is 5.09. The second kappa shape index (κ2) is 13.6. The Morgan fingerprint density at radius 2 is 2.00 bits per heavy atom.